The average molecular weight is 285 g/mol. The molecule has 21 heavy (non-hydrogen) atoms. The van der Waals surface area contributed by atoms with E-state index in [1.165, 1.54) is 36.0 Å². The number of hydrogen-bond donors (Lipinski definition) is 0. The summed E-state index contributed by atoms with van der Waals surface area (Å²) in [5.41, 5.74) is 5.23. The van der Waals surface area contributed by atoms with Crippen LogP contribution in [0.25, 0.3) is 0 Å². The third-order valence-corrected chi connectivity index (χ3v) is 5.31. The molecule has 1 aromatic carbocycles. The van der Waals surface area contributed by atoms with Gasteiger partial charge in [-0.25, -0.2) is 0 Å². The molecule has 0 bridgehead atoms. The molecule has 1 heterocycles. The second kappa shape index (κ2) is 5.54. The topological polar surface area (TPSA) is 29.5 Å². The number of carbonyl (C=O) groups is 1. The van der Waals surface area contributed by atoms with Crippen molar-refractivity contribution >= 4 is 5.78 Å². The molecule has 0 spiro atoms. The van der Waals surface area contributed by atoms with Crippen LogP contribution >= 0.6 is 0 Å². The van der Waals surface area contributed by atoms with Gasteiger partial charge in [-0.15, -0.1) is 0 Å². The van der Waals surface area contributed by atoms with Crippen molar-refractivity contribution in [3.63, 3.8) is 0 Å². The fourth-order valence-corrected chi connectivity index (χ4v) is 4.11. The van der Waals surface area contributed by atoms with Crippen LogP contribution in [-0.4, -0.2) is 43.0 Å². The van der Waals surface area contributed by atoms with Crippen molar-refractivity contribution in [3.05, 3.63) is 34.4 Å². The fourth-order valence-electron chi connectivity index (χ4n) is 4.11. The number of morpholine rings is 1. The van der Waals surface area contributed by atoms with E-state index in [-0.39, 0.29) is 6.04 Å². The van der Waals surface area contributed by atoms with Gasteiger partial charge in [0.1, 0.15) is 0 Å². The van der Waals surface area contributed by atoms with Crippen LogP contribution in [0, 0.1) is 0 Å². The predicted molar refractivity (Wildman–Crippen MR) is 81.9 cm³/mol. The van der Waals surface area contributed by atoms with Crippen molar-refractivity contribution in [3.8, 4) is 0 Å². The monoisotopic (exact) mass is 285 g/mol. The number of Topliss-reactive ketones (excluding diaryl/α,β-unsaturated/α-hetero) is 1. The maximum absolute atomic E-state index is 12.9. The Morgan fingerprint density at radius 2 is 1.67 bits per heavy atom. The summed E-state index contributed by atoms with van der Waals surface area (Å²) in [6.45, 7) is 3.33. The molecule has 0 amide bonds. The Bertz CT molecular complexity index is 561. The smallest absolute Gasteiger partial charge is 0.180 e. The molecule has 1 aromatic rings. The minimum atomic E-state index is 0.0861. The van der Waals surface area contributed by atoms with Gasteiger partial charge in [0.25, 0.3) is 0 Å². The van der Waals surface area contributed by atoms with Crippen LogP contribution < -0.4 is 0 Å². The lowest BCUT2D eigenvalue weighted by atomic mass is 9.80. The van der Waals surface area contributed by atoms with Gasteiger partial charge in [-0.1, -0.05) is 6.07 Å². The minimum absolute atomic E-state index is 0.0861. The van der Waals surface area contributed by atoms with Crippen LogP contribution in [0.15, 0.2) is 12.1 Å². The van der Waals surface area contributed by atoms with Crippen molar-refractivity contribution in [1.82, 2.24) is 4.90 Å². The van der Waals surface area contributed by atoms with Crippen LogP contribution in [0.4, 0.5) is 0 Å². The van der Waals surface area contributed by atoms with Gasteiger partial charge in [0.05, 0.1) is 19.3 Å². The van der Waals surface area contributed by atoms with Gasteiger partial charge in [0, 0.05) is 18.7 Å². The van der Waals surface area contributed by atoms with Gasteiger partial charge in [-0.2, -0.15) is 0 Å². The zero-order valence-corrected chi connectivity index (χ0v) is 12.6. The van der Waals surface area contributed by atoms with Crippen LogP contribution in [0.1, 0.15) is 46.3 Å². The first-order valence-corrected chi connectivity index (χ1v) is 8.33. The highest BCUT2D eigenvalue weighted by molar-refractivity contribution is 6.02. The summed E-state index contributed by atoms with van der Waals surface area (Å²) >= 11 is 0. The van der Waals surface area contributed by atoms with E-state index >= 15 is 0 Å². The van der Waals surface area contributed by atoms with E-state index in [0.29, 0.717) is 5.78 Å². The maximum atomic E-state index is 12.9. The molecule has 1 unspecified atom stereocenters. The first kappa shape index (κ1) is 13.5. The van der Waals surface area contributed by atoms with Crippen molar-refractivity contribution in [2.75, 3.05) is 26.3 Å². The standard InChI is InChI=1S/C18H23NO2/c20-18-16-12-14-4-2-1-3-13(14)11-15(16)5-6-17(18)19-7-9-21-10-8-19/h11-12,17H,1-10H2. The lowest BCUT2D eigenvalue weighted by Crippen LogP contribution is -2.49. The summed E-state index contributed by atoms with van der Waals surface area (Å²) in [6.07, 6.45) is 6.95. The molecule has 3 nitrogen and oxygen atoms in total. The number of benzene rings is 1. The summed E-state index contributed by atoms with van der Waals surface area (Å²) < 4.78 is 5.42. The molecule has 112 valence electrons. The van der Waals surface area contributed by atoms with E-state index in [0.717, 1.165) is 51.1 Å². The molecule has 2 aliphatic carbocycles. The van der Waals surface area contributed by atoms with Crippen LogP contribution in [0.5, 0.6) is 0 Å². The van der Waals surface area contributed by atoms with E-state index in [4.69, 9.17) is 4.74 Å². The maximum Gasteiger partial charge on any atom is 0.180 e. The van der Waals surface area contributed by atoms with E-state index < -0.39 is 0 Å². The predicted octanol–water partition coefficient (Wildman–Crippen LogP) is 2.40. The van der Waals surface area contributed by atoms with Gasteiger partial charge in [0.2, 0.25) is 0 Å². The van der Waals surface area contributed by atoms with Crippen molar-refractivity contribution < 1.29 is 9.53 Å². The van der Waals surface area contributed by atoms with Crippen molar-refractivity contribution in [1.29, 1.82) is 0 Å². The Kier molecular flexibility index (Phi) is 3.56. The third kappa shape index (κ3) is 2.43. The van der Waals surface area contributed by atoms with Crippen molar-refractivity contribution in [2.45, 2.75) is 44.6 Å². The molecule has 3 aliphatic rings. The molecular weight excluding hydrogens is 262 g/mol. The SMILES string of the molecule is O=C1c2cc3c(cc2CCC1N1CCOCC1)CCCC3. The highest BCUT2D eigenvalue weighted by Gasteiger charge is 2.33. The molecule has 1 fully saturated rings. The Labute approximate surface area is 126 Å². The van der Waals surface area contributed by atoms with Gasteiger partial charge in [-0.3, -0.25) is 9.69 Å². The largest absolute Gasteiger partial charge is 0.379 e. The van der Waals surface area contributed by atoms with Crippen LogP contribution in [0.3, 0.4) is 0 Å². The first-order chi connectivity index (χ1) is 10.3. The normalized spacial score (nSPS) is 26.3. The second-order valence-electron chi connectivity index (χ2n) is 6.55. The molecule has 0 saturated carbocycles. The van der Waals surface area contributed by atoms with E-state index in [1.807, 2.05) is 0 Å². The number of ether oxygens (including phenoxy) is 1. The van der Waals surface area contributed by atoms with Crippen LogP contribution in [-0.2, 0) is 24.0 Å². The molecule has 0 N–H and O–H groups in total. The van der Waals surface area contributed by atoms with E-state index in [1.54, 1.807) is 0 Å². The molecule has 4 rings (SSSR count). The summed E-state index contributed by atoms with van der Waals surface area (Å²) in [6, 6.07) is 4.64. The Morgan fingerprint density at radius 1 is 0.952 bits per heavy atom. The molecule has 3 heteroatoms. The quantitative estimate of drug-likeness (QED) is 0.793. The van der Waals surface area contributed by atoms with Crippen molar-refractivity contribution in [2.24, 2.45) is 0 Å². The average Bonchev–Trinajstić information content (AvgIpc) is 2.55. The zero-order chi connectivity index (χ0) is 14.2. The number of ketones is 1. The number of rotatable bonds is 1. The summed E-state index contributed by atoms with van der Waals surface area (Å²) in [4.78, 5) is 15.2. The summed E-state index contributed by atoms with van der Waals surface area (Å²) in [7, 11) is 0. The number of fused-ring (bicyclic) bond motifs is 2. The molecular formula is C18H23NO2. The first-order valence-electron chi connectivity index (χ1n) is 8.33. The molecule has 1 saturated heterocycles. The number of aryl methyl sites for hydroxylation is 3. The lowest BCUT2D eigenvalue weighted by Gasteiger charge is -2.36. The highest BCUT2D eigenvalue weighted by Crippen LogP contribution is 2.31. The van der Waals surface area contributed by atoms with Gasteiger partial charge >= 0.3 is 0 Å². The molecule has 1 aliphatic heterocycles. The molecule has 1 atom stereocenters. The van der Waals surface area contributed by atoms with Crippen LogP contribution in [0.2, 0.25) is 0 Å². The Balaban J connectivity index is 1.64. The number of carbonyl (C=O) groups excluding carboxylic acids is 1. The third-order valence-electron chi connectivity index (χ3n) is 5.31. The second-order valence-corrected chi connectivity index (χ2v) is 6.55. The van der Waals surface area contributed by atoms with Gasteiger partial charge in [0.15, 0.2) is 5.78 Å². The molecule has 0 radical (unpaired) electrons. The summed E-state index contributed by atoms with van der Waals surface area (Å²) in [5, 5.41) is 0. The fraction of sp³-hybridized carbons (Fsp3) is 0.611. The van der Waals surface area contributed by atoms with Gasteiger partial charge in [-0.05, 0) is 61.3 Å². The van der Waals surface area contributed by atoms with E-state index in [9.17, 15) is 4.79 Å². The molecule has 0 aromatic heterocycles. The Morgan fingerprint density at radius 3 is 2.43 bits per heavy atom. The Hall–Kier alpha value is -1.19. The summed E-state index contributed by atoms with van der Waals surface area (Å²) in [5.74, 6) is 0.353. The van der Waals surface area contributed by atoms with E-state index in [2.05, 4.69) is 17.0 Å². The highest BCUT2D eigenvalue weighted by atomic mass is 16.5. The number of hydrogen-bond acceptors (Lipinski definition) is 3. The number of nitrogens with zero attached hydrogens (tertiary/aromatic N) is 1. The van der Waals surface area contributed by atoms with Gasteiger partial charge < -0.3 is 4.74 Å². The zero-order valence-electron chi connectivity index (χ0n) is 12.6. The minimum Gasteiger partial charge on any atom is -0.379 e. The lowest BCUT2D eigenvalue weighted by molar-refractivity contribution is 0.0152.